The molecule has 2 aromatic heterocycles. The molecule has 1 aliphatic heterocycles. The van der Waals surface area contributed by atoms with Crippen LogP contribution < -0.4 is 4.90 Å². The van der Waals surface area contributed by atoms with Crippen LogP contribution in [0.1, 0.15) is 30.5 Å². The van der Waals surface area contributed by atoms with Crippen molar-refractivity contribution in [3.05, 3.63) is 47.3 Å². The summed E-state index contributed by atoms with van der Waals surface area (Å²) < 4.78 is 28.7. The molecule has 0 radical (unpaired) electrons. The average Bonchev–Trinajstić information content (AvgIpc) is 3.03. The van der Waals surface area contributed by atoms with Gasteiger partial charge in [-0.05, 0) is 46.5 Å². The molecule has 1 aliphatic rings. The van der Waals surface area contributed by atoms with Crippen molar-refractivity contribution in [2.45, 2.75) is 25.8 Å². The quantitative estimate of drug-likeness (QED) is 0.726. The molecule has 1 atom stereocenters. The van der Waals surface area contributed by atoms with Gasteiger partial charge in [-0.25, -0.2) is 13.8 Å². The van der Waals surface area contributed by atoms with Gasteiger partial charge in [-0.2, -0.15) is 4.52 Å². The lowest BCUT2D eigenvalue weighted by Gasteiger charge is -2.37. The molecular weight excluding hydrogens is 302 g/mol. The van der Waals surface area contributed by atoms with E-state index in [0.29, 0.717) is 24.4 Å². The topological polar surface area (TPSA) is 59.2 Å². The van der Waals surface area contributed by atoms with Gasteiger partial charge in [-0.1, -0.05) is 6.92 Å². The van der Waals surface area contributed by atoms with Gasteiger partial charge in [0.05, 0.1) is 12.2 Å². The predicted molar refractivity (Wildman–Crippen MR) is 79.0 cm³/mol. The lowest BCUT2D eigenvalue weighted by Crippen LogP contribution is -2.36. The Morgan fingerprint density at radius 2 is 2.09 bits per heavy atom. The highest BCUT2D eigenvalue weighted by molar-refractivity contribution is 5.64. The zero-order valence-corrected chi connectivity index (χ0v) is 12.4. The number of aromatic nitrogens is 5. The molecular formula is C15H14F2N6. The van der Waals surface area contributed by atoms with Gasteiger partial charge in [0, 0.05) is 12.7 Å². The number of benzene rings is 1. The monoisotopic (exact) mass is 316 g/mol. The molecule has 0 bridgehead atoms. The molecule has 0 saturated heterocycles. The molecule has 23 heavy (non-hydrogen) atoms. The van der Waals surface area contributed by atoms with Gasteiger partial charge < -0.3 is 4.90 Å². The molecule has 3 aromatic rings. The summed E-state index contributed by atoms with van der Waals surface area (Å²) in [5, 5.41) is 11.6. The maximum Gasteiger partial charge on any atom is 0.222 e. The van der Waals surface area contributed by atoms with Crippen LogP contribution in [0, 0.1) is 11.6 Å². The Balaban J connectivity index is 1.84. The fourth-order valence-corrected chi connectivity index (χ4v) is 3.26. The molecule has 0 fully saturated rings. The van der Waals surface area contributed by atoms with Crippen molar-refractivity contribution >= 4 is 11.5 Å². The Morgan fingerprint density at radius 3 is 2.91 bits per heavy atom. The minimum Gasteiger partial charge on any atom is -0.346 e. The molecule has 0 unspecified atom stereocenters. The molecule has 118 valence electrons. The second-order valence-corrected chi connectivity index (χ2v) is 5.53. The third kappa shape index (κ3) is 2.13. The summed E-state index contributed by atoms with van der Waals surface area (Å²) in [6.07, 6.45) is 4.66. The van der Waals surface area contributed by atoms with Gasteiger partial charge in [0.15, 0.2) is 17.5 Å². The number of hydrogen-bond acceptors (Lipinski definition) is 5. The van der Waals surface area contributed by atoms with Crippen LogP contribution in [0.2, 0.25) is 0 Å². The van der Waals surface area contributed by atoms with Crippen LogP contribution in [0.5, 0.6) is 0 Å². The first-order valence-electron chi connectivity index (χ1n) is 7.46. The molecule has 0 amide bonds. The van der Waals surface area contributed by atoms with Crippen LogP contribution >= 0.6 is 0 Å². The second-order valence-electron chi connectivity index (χ2n) is 5.53. The maximum atomic E-state index is 13.7. The fraction of sp³-hybridized carbons (Fsp3) is 0.333. The van der Waals surface area contributed by atoms with E-state index in [-0.39, 0.29) is 6.04 Å². The van der Waals surface area contributed by atoms with Gasteiger partial charge in [-0.3, -0.25) is 0 Å². The Morgan fingerprint density at radius 1 is 1.26 bits per heavy atom. The highest BCUT2D eigenvalue weighted by atomic mass is 19.2. The third-order valence-electron chi connectivity index (χ3n) is 4.30. The Labute approximate surface area is 130 Å². The molecule has 0 saturated carbocycles. The van der Waals surface area contributed by atoms with Gasteiger partial charge in [0.25, 0.3) is 0 Å². The third-order valence-corrected chi connectivity index (χ3v) is 4.30. The Bertz CT molecular complexity index is 878. The maximum absolute atomic E-state index is 13.7. The number of hydrogen-bond donors (Lipinski definition) is 0. The highest BCUT2D eigenvalue weighted by Crippen LogP contribution is 2.36. The number of fused-ring (bicyclic) bond motifs is 2. The zero-order valence-electron chi connectivity index (χ0n) is 12.4. The van der Waals surface area contributed by atoms with Crippen molar-refractivity contribution in [1.82, 2.24) is 25.0 Å². The molecule has 3 heterocycles. The van der Waals surface area contributed by atoms with Crippen molar-refractivity contribution in [3.63, 3.8) is 0 Å². The molecule has 0 aliphatic carbocycles. The number of rotatable bonds is 2. The van der Waals surface area contributed by atoms with Gasteiger partial charge in [0.2, 0.25) is 5.65 Å². The Hall–Kier alpha value is -2.64. The zero-order chi connectivity index (χ0) is 16.0. The SMILES string of the molecule is CC[C@@H]1c2cc(F)c(F)cc2CCN1c1nccn2nnnc12. The van der Waals surface area contributed by atoms with Crippen LogP contribution in [0.15, 0.2) is 24.5 Å². The van der Waals surface area contributed by atoms with E-state index in [4.69, 9.17) is 0 Å². The largest absolute Gasteiger partial charge is 0.346 e. The molecule has 0 spiro atoms. The average molecular weight is 316 g/mol. The summed E-state index contributed by atoms with van der Waals surface area (Å²) in [6.45, 7) is 2.66. The summed E-state index contributed by atoms with van der Waals surface area (Å²) in [5.41, 5.74) is 2.20. The summed E-state index contributed by atoms with van der Waals surface area (Å²) in [4.78, 5) is 6.47. The first-order valence-corrected chi connectivity index (χ1v) is 7.46. The van der Waals surface area contributed by atoms with E-state index in [1.807, 2.05) is 6.92 Å². The van der Waals surface area contributed by atoms with Crippen molar-refractivity contribution in [2.24, 2.45) is 0 Å². The highest BCUT2D eigenvalue weighted by Gasteiger charge is 2.30. The van der Waals surface area contributed by atoms with Crippen LogP contribution in [0.25, 0.3) is 5.65 Å². The number of halogens is 2. The van der Waals surface area contributed by atoms with Crippen molar-refractivity contribution in [3.8, 4) is 0 Å². The number of nitrogens with zero attached hydrogens (tertiary/aromatic N) is 6. The van der Waals surface area contributed by atoms with Crippen molar-refractivity contribution in [2.75, 3.05) is 11.4 Å². The summed E-state index contributed by atoms with van der Waals surface area (Å²) in [7, 11) is 0. The number of tetrazole rings is 1. The molecule has 6 nitrogen and oxygen atoms in total. The van der Waals surface area contributed by atoms with E-state index in [0.717, 1.165) is 17.5 Å². The van der Waals surface area contributed by atoms with Gasteiger partial charge >= 0.3 is 0 Å². The lowest BCUT2D eigenvalue weighted by atomic mass is 9.90. The standard InChI is InChI=1S/C15H14F2N6/c1-2-13-10-8-12(17)11(16)7-9(10)3-5-22(13)14-15-19-20-21-23(15)6-4-18-14/h4,6-8,13H,2-3,5H2,1H3/t13-/m1/s1. The summed E-state index contributed by atoms with van der Waals surface area (Å²) in [6, 6.07) is 2.51. The minimum atomic E-state index is -0.820. The van der Waals surface area contributed by atoms with Crippen molar-refractivity contribution in [1.29, 1.82) is 0 Å². The van der Waals surface area contributed by atoms with Gasteiger partial charge in [0.1, 0.15) is 0 Å². The second kappa shape index (κ2) is 5.22. The van der Waals surface area contributed by atoms with Crippen LogP contribution in [-0.4, -0.2) is 31.6 Å². The smallest absolute Gasteiger partial charge is 0.222 e. The molecule has 0 N–H and O–H groups in total. The molecule has 1 aromatic carbocycles. The van der Waals surface area contributed by atoms with E-state index in [9.17, 15) is 8.78 Å². The first kappa shape index (κ1) is 14.0. The molecule has 8 heteroatoms. The lowest BCUT2D eigenvalue weighted by molar-refractivity contribution is 0.492. The van der Waals surface area contributed by atoms with Crippen LogP contribution in [-0.2, 0) is 6.42 Å². The van der Waals surface area contributed by atoms with Crippen LogP contribution in [0.4, 0.5) is 14.6 Å². The van der Waals surface area contributed by atoms with E-state index in [1.54, 1.807) is 16.9 Å². The van der Waals surface area contributed by atoms with Gasteiger partial charge in [-0.15, -0.1) is 5.10 Å². The summed E-state index contributed by atoms with van der Waals surface area (Å²) in [5.74, 6) is -0.965. The van der Waals surface area contributed by atoms with E-state index in [1.165, 1.54) is 12.1 Å². The van der Waals surface area contributed by atoms with Crippen molar-refractivity contribution < 1.29 is 8.78 Å². The predicted octanol–water partition coefficient (Wildman–Crippen LogP) is 2.31. The fourth-order valence-electron chi connectivity index (χ4n) is 3.26. The minimum absolute atomic E-state index is 0.0933. The normalized spacial score (nSPS) is 17.5. The van der Waals surface area contributed by atoms with E-state index in [2.05, 4.69) is 25.4 Å². The van der Waals surface area contributed by atoms with Crippen LogP contribution in [0.3, 0.4) is 0 Å². The van der Waals surface area contributed by atoms with E-state index >= 15 is 0 Å². The number of anilines is 1. The first-order chi connectivity index (χ1) is 11.2. The Kier molecular flexibility index (Phi) is 3.17. The summed E-state index contributed by atoms with van der Waals surface area (Å²) >= 11 is 0. The molecule has 4 rings (SSSR count). The van der Waals surface area contributed by atoms with E-state index < -0.39 is 11.6 Å².